The fourth-order valence-electron chi connectivity index (χ4n) is 2.66. The summed E-state index contributed by atoms with van der Waals surface area (Å²) in [5.41, 5.74) is 0.286. The van der Waals surface area contributed by atoms with Gasteiger partial charge in [-0.3, -0.25) is 4.90 Å². The second kappa shape index (κ2) is 7.43. The first kappa shape index (κ1) is 15.8. The van der Waals surface area contributed by atoms with Gasteiger partial charge >= 0.3 is 5.97 Å². The van der Waals surface area contributed by atoms with Crippen molar-refractivity contribution in [1.82, 2.24) is 9.80 Å². The number of piperazine rings is 1. The molecule has 1 aliphatic rings. The molecule has 0 radical (unpaired) electrons. The van der Waals surface area contributed by atoms with Crippen LogP contribution >= 0.6 is 0 Å². The Labute approximate surface area is 126 Å². The van der Waals surface area contributed by atoms with E-state index >= 15 is 0 Å². The van der Waals surface area contributed by atoms with Crippen LogP contribution in [0.3, 0.4) is 0 Å². The maximum atomic E-state index is 10.8. The molecular formula is C16H24N2O3. The Morgan fingerprint density at radius 3 is 2.67 bits per heavy atom. The number of carbonyl (C=O) groups is 1. The average Bonchev–Trinajstić information content (AvgIpc) is 2.46. The number of ether oxygens (including phenoxy) is 1. The summed E-state index contributed by atoms with van der Waals surface area (Å²) in [7, 11) is 2.16. The zero-order chi connectivity index (χ0) is 15.2. The minimum atomic E-state index is -0.911. The first-order valence-corrected chi connectivity index (χ1v) is 7.45. The Hall–Kier alpha value is -1.59. The molecule has 0 aliphatic carbocycles. The van der Waals surface area contributed by atoms with Gasteiger partial charge in [0.1, 0.15) is 5.75 Å². The number of carboxylic acids is 1. The van der Waals surface area contributed by atoms with Crippen LogP contribution in [0.1, 0.15) is 23.7 Å². The van der Waals surface area contributed by atoms with Crippen molar-refractivity contribution in [2.75, 3.05) is 39.8 Å². The predicted molar refractivity (Wildman–Crippen MR) is 82.0 cm³/mol. The SMILES string of the molecule is CC1CN(C)CCN1CCCOc1ccc(C(=O)O)cc1. The Kier molecular flexibility index (Phi) is 5.59. The Morgan fingerprint density at radius 2 is 2.05 bits per heavy atom. The molecule has 1 heterocycles. The molecule has 0 aromatic heterocycles. The third-order valence-corrected chi connectivity index (χ3v) is 3.93. The molecular weight excluding hydrogens is 268 g/mol. The van der Waals surface area contributed by atoms with Gasteiger partial charge in [0.25, 0.3) is 0 Å². The van der Waals surface area contributed by atoms with Crippen molar-refractivity contribution in [3.05, 3.63) is 29.8 Å². The summed E-state index contributed by atoms with van der Waals surface area (Å²) in [6.45, 7) is 7.33. The number of rotatable bonds is 6. The van der Waals surface area contributed by atoms with Crippen molar-refractivity contribution in [1.29, 1.82) is 0 Å². The van der Waals surface area contributed by atoms with E-state index in [0.717, 1.165) is 38.3 Å². The van der Waals surface area contributed by atoms with Gasteiger partial charge in [0.15, 0.2) is 0 Å². The standard InChI is InChI=1S/C16H24N2O3/c1-13-12-17(2)9-10-18(13)8-3-11-21-15-6-4-14(5-7-15)16(19)20/h4-7,13H,3,8-12H2,1-2H3,(H,19,20). The highest BCUT2D eigenvalue weighted by atomic mass is 16.5. The number of nitrogens with zero attached hydrogens (tertiary/aromatic N) is 2. The number of hydrogen-bond donors (Lipinski definition) is 1. The quantitative estimate of drug-likeness (QED) is 0.810. The average molecular weight is 292 g/mol. The van der Waals surface area contributed by atoms with Crippen molar-refractivity contribution in [2.45, 2.75) is 19.4 Å². The molecule has 5 nitrogen and oxygen atoms in total. The van der Waals surface area contributed by atoms with Crippen molar-refractivity contribution >= 4 is 5.97 Å². The third kappa shape index (κ3) is 4.72. The largest absolute Gasteiger partial charge is 0.494 e. The lowest BCUT2D eigenvalue weighted by molar-refractivity contribution is 0.0697. The molecule has 1 aromatic rings. The highest BCUT2D eigenvalue weighted by Crippen LogP contribution is 2.13. The molecule has 21 heavy (non-hydrogen) atoms. The maximum absolute atomic E-state index is 10.8. The first-order chi connectivity index (χ1) is 10.1. The summed E-state index contributed by atoms with van der Waals surface area (Å²) in [6, 6.07) is 7.16. The zero-order valence-electron chi connectivity index (χ0n) is 12.8. The minimum Gasteiger partial charge on any atom is -0.494 e. The molecule has 2 rings (SSSR count). The normalized spacial score (nSPS) is 20.4. The van der Waals surface area contributed by atoms with E-state index in [0.29, 0.717) is 12.6 Å². The molecule has 116 valence electrons. The van der Waals surface area contributed by atoms with Crippen LogP contribution in [0.25, 0.3) is 0 Å². The summed E-state index contributed by atoms with van der Waals surface area (Å²) >= 11 is 0. The summed E-state index contributed by atoms with van der Waals surface area (Å²) in [5, 5.41) is 8.83. The molecule has 0 saturated carbocycles. The molecule has 1 fully saturated rings. The fourth-order valence-corrected chi connectivity index (χ4v) is 2.66. The third-order valence-electron chi connectivity index (χ3n) is 3.93. The van der Waals surface area contributed by atoms with Crippen molar-refractivity contribution in [3.8, 4) is 5.75 Å². The number of benzene rings is 1. The molecule has 1 N–H and O–H groups in total. The van der Waals surface area contributed by atoms with E-state index in [-0.39, 0.29) is 5.56 Å². The Morgan fingerprint density at radius 1 is 1.33 bits per heavy atom. The van der Waals surface area contributed by atoms with Crippen LogP contribution in [0, 0.1) is 0 Å². The van der Waals surface area contributed by atoms with Crippen LogP contribution < -0.4 is 4.74 Å². The number of hydrogen-bond acceptors (Lipinski definition) is 4. The van der Waals surface area contributed by atoms with Gasteiger partial charge in [-0.1, -0.05) is 0 Å². The smallest absolute Gasteiger partial charge is 0.335 e. The van der Waals surface area contributed by atoms with Crippen LogP contribution in [-0.2, 0) is 0 Å². The van der Waals surface area contributed by atoms with Crippen molar-refractivity contribution in [3.63, 3.8) is 0 Å². The number of carboxylic acid groups (broad SMARTS) is 1. The van der Waals surface area contributed by atoms with Gasteiger partial charge in [0.05, 0.1) is 12.2 Å². The van der Waals surface area contributed by atoms with Crippen LogP contribution in [0.15, 0.2) is 24.3 Å². The van der Waals surface area contributed by atoms with E-state index in [1.54, 1.807) is 24.3 Å². The van der Waals surface area contributed by atoms with Gasteiger partial charge in [0, 0.05) is 32.2 Å². The van der Waals surface area contributed by atoms with Crippen LogP contribution in [0.2, 0.25) is 0 Å². The van der Waals surface area contributed by atoms with Gasteiger partial charge < -0.3 is 14.7 Å². The summed E-state index contributed by atoms with van der Waals surface area (Å²) in [6.07, 6.45) is 0.981. The van der Waals surface area contributed by atoms with E-state index < -0.39 is 5.97 Å². The Balaban J connectivity index is 1.68. The van der Waals surface area contributed by atoms with Crippen molar-refractivity contribution < 1.29 is 14.6 Å². The van der Waals surface area contributed by atoms with Crippen LogP contribution in [0.4, 0.5) is 0 Å². The molecule has 1 aromatic carbocycles. The lowest BCUT2D eigenvalue weighted by Gasteiger charge is -2.38. The zero-order valence-corrected chi connectivity index (χ0v) is 12.8. The molecule has 5 heteroatoms. The number of likely N-dealkylation sites (N-methyl/N-ethyl adjacent to an activating group) is 1. The van der Waals surface area contributed by atoms with E-state index in [4.69, 9.17) is 9.84 Å². The molecule has 1 aliphatic heterocycles. The van der Waals surface area contributed by atoms with Gasteiger partial charge in [0.2, 0.25) is 0 Å². The molecule has 0 spiro atoms. The van der Waals surface area contributed by atoms with Crippen LogP contribution in [-0.4, -0.2) is 66.8 Å². The molecule has 1 atom stereocenters. The van der Waals surface area contributed by atoms with E-state index in [9.17, 15) is 4.79 Å². The fraction of sp³-hybridized carbons (Fsp3) is 0.562. The molecule has 1 unspecified atom stereocenters. The Bertz CT molecular complexity index is 461. The maximum Gasteiger partial charge on any atom is 0.335 e. The summed E-state index contributed by atoms with van der Waals surface area (Å²) in [4.78, 5) is 15.6. The van der Waals surface area contributed by atoms with Gasteiger partial charge in [-0.05, 0) is 44.7 Å². The van der Waals surface area contributed by atoms with Gasteiger partial charge in [-0.15, -0.1) is 0 Å². The molecule has 1 saturated heterocycles. The van der Waals surface area contributed by atoms with E-state index in [1.165, 1.54) is 0 Å². The second-order valence-corrected chi connectivity index (χ2v) is 5.68. The molecule has 0 amide bonds. The summed E-state index contributed by atoms with van der Waals surface area (Å²) in [5.74, 6) is -0.183. The van der Waals surface area contributed by atoms with E-state index in [2.05, 4.69) is 23.8 Å². The highest BCUT2D eigenvalue weighted by Gasteiger charge is 2.20. The first-order valence-electron chi connectivity index (χ1n) is 7.45. The van der Waals surface area contributed by atoms with Crippen molar-refractivity contribution in [2.24, 2.45) is 0 Å². The van der Waals surface area contributed by atoms with Gasteiger partial charge in [-0.2, -0.15) is 0 Å². The summed E-state index contributed by atoms with van der Waals surface area (Å²) < 4.78 is 5.66. The van der Waals surface area contributed by atoms with Gasteiger partial charge in [-0.25, -0.2) is 4.79 Å². The number of aromatic carboxylic acids is 1. The lowest BCUT2D eigenvalue weighted by atomic mass is 10.2. The highest BCUT2D eigenvalue weighted by molar-refractivity contribution is 5.87. The monoisotopic (exact) mass is 292 g/mol. The second-order valence-electron chi connectivity index (χ2n) is 5.68. The van der Waals surface area contributed by atoms with Crippen LogP contribution in [0.5, 0.6) is 5.75 Å². The van der Waals surface area contributed by atoms with E-state index in [1.807, 2.05) is 0 Å². The topological polar surface area (TPSA) is 53.0 Å². The lowest BCUT2D eigenvalue weighted by Crippen LogP contribution is -2.50. The predicted octanol–water partition coefficient (Wildman–Crippen LogP) is 1.79. The molecule has 0 bridgehead atoms. The minimum absolute atomic E-state index is 0.286.